The second-order valence-electron chi connectivity index (χ2n) is 8.47. The Hall–Kier alpha value is -2.29. The molecule has 1 aliphatic heterocycles. The summed E-state index contributed by atoms with van der Waals surface area (Å²) >= 11 is 0. The van der Waals surface area contributed by atoms with Gasteiger partial charge in [-0.15, -0.1) is 0 Å². The zero-order valence-corrected chi connectivity index (χ0v) is 15.5. The van der Waals surface area contributed by atoms with Crippen LogP contribution in [-0.2, 0) is 0 Å². The van der Waals surface area contributed by atoms with Gasteiger partial charge >= 0.3 is 0 Å². The molecule has 5 atom stereocenters. The third-order valence-electron chi connectivity index (χ3n) is 6.90. The van der Waals surface area contributed by atoms with Gasteiger partial charge in [-0.25, -0.2) is 0 Å². The minimum absolute atomic E-state index is 0.0951. The van der Waals surface area contributed by atoms with E-state index < -0.39 is 0 Å². The number of rotatable bonds is 2. The van der Waals surface area contributed by atoms with Gasteiger partial charge in [0.25, 0.3) is 5.91 Å². The lowest BCUT2D eigenvalue weighted by molar-refractivity contribution is 0.0827. The average Bonchev–Trinajstić information content (AvgIpc) is 3.29. The third-order valence-corrected chi connectivity index (χ3v) is 6.90. The van der Waals surface area contributed by atoms with E-state index in [1.54, 1.807) is 4.90 Å². The number of hydrogen-bond donors (Lipinski definition) is 1. The maximum absolute atomic E-state index is 12.5. The molecule has 3 heteroatoms. The molecule has 0 radical (unpaired) electrons. The summed E-state index contributed by atoms with van der Waals surface area (Å²) in [6, 6.07) is 17.6. The fraction of sp³-hybridized carbons (Fsp3) is 0.435. The zero-order chi connectivity index (χ0) is 17.8. The van der Waals surface area contributed by atoms with Crippen LogP contribution >= 0.6 is 0 Å². The number of nitrogens with one attached hydrogen (secondary N) is 1. The SMILES string of the molecule is CN(C)C(=O)c1ccc2c(c1)[C@@H]1[C@@H]3CC[C@@H](C3)[C@@H]1[C@H](c1ccccc1)N2. The summed E-state index contributed by atoms with van der Waals surface area (Å²) in [5.74, 6) is 2.92. The highest BCUT2D eigenvalue weighted by molar-refractivity contribution is 5.94. The van der Waals surface area contributed by atoms with Crippen LogP contribution in [0.25, 0.3) is 0 Å². The van der Waals surface area contributed by atoms with Crippen LogP contribution in [0.5, 0.6) is 0 Å². The average molecular weight is 346 g/mol. The molecule has 1 N–H and O–H groups in total. The molecule has 1 amide bonds. The quantitative estimate of drug-likeness (QED) is 0.856. The lowest BCUT2D eigenvalue weighted by Crippen LogP contribution is -2.35. The molecule has 0 aromatic heterocycles. The number of carbonyl (C=O) groups is 1. The number of nitrogens with zero attached hydrogens (tertiary/aromatic N) is 1. The first-order chi connectivity index (χ1) is 12.6. The molecule has 3 aliphatic rings. The van der Waals surface area contributed by atoms with E-state index in [0.717, 1.165) is 17.4 Å². The highest BCUT2D eigenvalue weighted by atomic mass is 16.2. The van der Waals surface area contributed by atoms with E-state index >= 15 is 0 Å². The molecule has 5 rings (SSSR count). The fourth-order valence-corrected chi connectivity index (χ4v) is 5.87. The van der Waals surface area contributed by atoms with E-state index in [1.165, 1.54) is 36.1 Å². The van der Waals surface area contributed by atoms with Gasteiger partial charge < -0.3 is 10.2 Å². The minimum Gasteiger partial charge on any atom is -0.378 e. The maximum atomic E-state index is 12.5. The Morgan fingerprint density at radius 1 is 1.04 bits per heavy atom. The van der Waals surface area contributed by atoms with Crippen LogP contribution in [0.4, 0.5) is 5.69 Å². The van der Waals surface area contributed by atoms with Gasteiger partial charge in [0.15, 0.2) is 0 Å². The Bertz CT molecular complexity index is 845. The molecule has 134 valence electrons. The number of benzene rings is 2. The van der Waals surface area contributed by atoms with Gasteiger partial charge in [0.05, 0.1) is 6.04 Å². The molecule has 2 bridgehead atoms. The Kier molecular flexibility index (Phi) is 3.59. The standard InChI is InChI=1S/C23H26N2O/c1-25(2)23(26)17-10-11-19-18(13-17)20-15-8-9-16(12-15)21(20)22(24-19)14-6-4-3-5-7-14/h3-7,10-11,13,15-16,20-22,24H,8-9,12H2,1-2H3/t15-,16+,20+,21+,22+/m1/s1. The Morgan fingerprint density at radius 3 is 2.58 bits per heavy atom. The molecule has 26 heavy (non-hydrogen) atoms. The Morgan fingerprint density at radius 2 is 1.81 bits per heavy atom. The van der Waals surface area contributed by atoms with E-state index in [-0.39, 0.29) is 5.91 Å². The second-order valence-corrected chi connectivity index (χ2v) is 8.47. The van der Waals surface area contributed by atoms with Crippen molar-refractivity contribution in [2.45, 2.75) is 31.2 Å². The number of fused-ring (bicyclic) bond motifs is 7. The van der Waals surface area contributed by atoms with E-state index in [0.29, 0.717) is 17.9 Å². The van der Waals surface area contributed by atoms with E-state index in [2.05, 4.69) is 47.8 Å². The van der Waals surface area contributed by atoms with Crippen LogP contribution in [0.15, 0.2) is 48.5 Å². The van der Waals surface area contributed by atoms with Crippen LogP contribution in [0.1, 0.15) is 52.7 Å². The lowest BCUT2D eigenvalue weighted by Gasteiger charge is -2.43. The van der Waals surface area contributed by atoms with Crippen molar-refractivity contribution in [2.24, 2.45) is 17.8 Å². The van der Waals surface area contributed by atoms with E-state index in [9.17, 15) is 4.79 Å². The topological polar surface area (TPSA) is 32.3 Å². The van der Waals surface area contributed by atoms with Gasteiger partial charge in [0, 0.05) is 25.3 Å². The number of anilines is 1. The van der Waals surface area contributed by atoms with Crippen LogP contribution in [-0.4, -0.2) is 24.9 Å². The highest BCUT2D eigenvalue weighted by Crippen LogP contribution is 2.63. The Labute approximate surface area is 155 Å². The molecular formula is C23H26N2O. The summed E-state index contributed by atoms with van der Waals surface area (Å²) in [6.45, 7) is 0. The van der Waals surface area contributed by atoms with Gasteiger partial charge in [-0.2, -0.15) is 0 Å². The maximum Gasteiger partial charge on any atom is 0.253 e. The summed E-state index contributed by atoms with van der Waals surface area (Å²) in [4.78, 5) is 14.1. The molecule has 2 fully saturated rings. The summed E-state index contributed by atoms with van der Waals surface area (Å²) in [5, 5.41) is 3.84. The summed E-state index contributed by atoms with van der Waals surface area (Å²) in [6.07, 6.45) is 4.06. The first-order valence-electron chi connectivity index (χ1n) is 9.80. The largest absolute Gasteiger partial charge is 0.378 e. The minimum atomic E-state index is 0.0951. The third kappa shape index (κ3) is 2.29. The predicted molar refractivity (Wildman–Crippen MR) is 104 cm³/mol. The van der Waals surface area contributed by atoms with Crippen molar-refractivity contribution in [2.75, 3.05) is 19.4 Å². The van der Waals surface area contributed by atoms with Crippen molar-refractivity contribution in [1.82, 2.24) is 4.90 Å². The van der Waals surface area contributed by atoms with Gasteiger partial charge in [0.2, 0.25) is 0 Å². The normalized spacial score (nSPS) is 31.1. The van der Waals surface area contributed by atoms with Crippen molar-refractivity contribution in [1.29, 1.82) is 0 Å². The summed E-state index contributed by atoms with van der Waals surface area (Å²) in [7, 11) is 3.65. The molecule has 2 aromatic carbocycles. The molecule has 0 spiro atoms. The molecule has 2 aromatic rings. The second kappa shape index (κ2) is 5.87. The summed E-state index contributed by atoms with van der Waals surface area (Å²) < 4.78 is 0. The fourth-order valence-electron chi connectivity index (χ4n) is 5.87. The molecule has 3 nitrogen and oxygen atoms in total. The van der Waals surface area contributed by atoms with Crippen LogP contribution in [0.2, 0.25) is 0 Å². The summed E-state index contributed by atoms with van der Waals surface area (Å²) in [5.41, 5.74) is 4.81. The molecule has 2 saturated carbocycles. The Balaban J connectivity index is 1.60. The highest BCUT2D eigenvalue weighted by Gasteiger charge is 2.53. The van der Waals surface area contributed by atoms with Crippen molar-refractivity contribution in [3.05, 3.63) is 65.2 Å². The van der Waals surface area contributed by atoms with Crippen molar-refractivity contribution in [3.8, 4) is 0 Å². The predicted octanol–water partition coefficient (Wildman–Crippen LogP) is 4.68. The molecular weight excluding hydrogens is 320 g/mol. The van der Waals surface area contributed by atoms with Crippen LogP contribution < -0.4 is 5.32 Å². The van der Waals surface area contributed by atoms with Gasteiger partial charge in [0.1, 0.15) is 0 Å². The van der Waals surface area contributed by atoms with Gasteiger partial charge in [-0.3, -0.25) is 4.79 Å². The lowest BCUT2D eigenvalue weighted by atomic mass is 9.68. The molecule has 0 saturated heterocycles. The smallest absolute Gasteiger partial charge is 0.253 e. The molecule has 2 aliphatic carbocycles. The molecule has 1 heterocycles. The number of hydrogen-bond acceptors (Lipinski definition) is 2. The zero-order valence-electron chi connectivity index (χ0n) is 15.5. The van der Waals surface area contributed by atoms with Gasteiger partial charge in [-0.05, 0) is 72.3 Å². The first-order valence-corrected chi connectivity index (χ1v) is 9.80. The van der Waals surface area contributed by atoms with Crippen LogP contribution in [0.3, 0.4) is 0 Å². The monoisotopic (exact) mass is 346 g/mol. The van der Waals surface area contributed by atoms with Crippen molar-refractivity contribution >= 4 is 11.6 Å². The molecule has 0 unspecified atom stereocenters. The van der Waals surface area contributed by atoms with Crippen molar-refractivity contribution < 1.29 is 4.79 Å². The first kappa shape index (κ1) is 15.9. The van der Waals surface area contributed by atoms with Crippen LogP contribution in [0, 0.1) is 17.8 Å². The van der Waals surface area contributed by atoms with E-state index in [4.69, 9.17) is 0 Å². The van der Waals surface area contributed by atoms with Crippen molar-refractivity contribution in [3.63, 3.8) is 0 Å². The van der Waals surface area contributed by atoms with E-state index in [1.807, 2.05) is 20.2 Å². The number of carbonyl (C=O) groups excluding carboxylic acids is 1. The van der Waals surface area contributed by atoms with Gasteiger partial charge in [-0.1, -0.05) is 30.3 Å². The number of amides is 1.